The molecule has 0 saturated heterocycles. The van der Waals surface area contributed by atoms with Crippen LogP contribution in [0.3, 0.4) is 0 Å². The third-order valence-corrected chi connectivity index (χ3v) is 19.9. The van der Waals surface area contributed by atoms with Gasteiger partial charge in [0, 0.05) is 83.5 Å². The minimum atomic E-state index is -1.70. The number of carbonyl (C=O) groups excluding carboxylic acids is 12. The number of guanidine groups is 11. The monoisotopic (exact) mass is 1940 g/mol. The first-order valence-electron chi connectivity index (χ1n) is 42.9. The smallest absolute Gasteiger partial charge is 0.327 e. The van der Waals surface area contributed by atoms with E-state index in [1.54, 1.807) is 0 Å². The zero-order valence-corrected chi connectivity index (χ0v) is 76.6. The summed E-state index contributed by atoms with van der Waals surface area (Å²) >= 11 is 8.09. The van der Waals surface area contributed by atoms with Crippen LogP contribution >= 0.6 is 25.3 Å². The number of nitrogens with two attached hydrogens (primary N) is 12. The SMILES string of the molecule is N=C(N)NCCC[C@H](NC(=O)[C@H](CCCNC(=N)N)NC(=O)[C@H](CCCNC(=N)N)NC(=O)[C@H](CCCNC(=N)N)NC(=O)[C@H](CCCNC(=N)N)NC(=O)[C@H](CCCNC(=N)N)NC(=O)[C@H](CCCNC(=N)N)NC(=O)[C@H](CCCNC(=N)N)NC(=O)[C@H](CCCNC(=N)N)NC(=O)[C@H](CCCNC(=N)N)NC(=O)[C@H](CCCNC(=N)N)NC(=O)[C@@H](N)CS)C(=O)N[C@@H](CS)C(=O)O. The molecule has 0 fully saturated rings. The molecule has 758 valence electrons. The highest BCUT2D eigenvalue weighted by atomic mass is 32.1. The summed E-state index contributed by atoms with van der Waals surface area (Å²) in [6, 6.07) is -20.3. The van der Waals surface area contributed by atoms with Gasteiger partial charge in [-0.3, -0.25) is 117 Å². The second-order valence-corrected chi connectivity index (χ2v) is 31.1. The largest absolute Gasteiger partial charge is 0.480 e. The Morgan fingerprint density at radius 1 is 0.194 bits per heavy atom. The second-order valence-electron chi connectivity index (χ2n) is 30.4. The van der Waals surface area contributed by atoms with Crippen molar-refractivity contribution >= 4 is 168 Å². The van der Waals surface area contributed by atoms with Gasteiger partial charge >= 0.3 is 5.97 Å². The molecule has 0 aromatic heterocycles. The number of hydrogen-bond acceptors (Lipinski definition) is 27. The Labute approximate surface area is 785 Å². The van der Waals surface area contributed by atoms with Crippen molar-refractivity contribution in [3.63, 3.8) is 0 Å². The number of rotatable bonds is 71. The lowest BCUT2D eigenvalue weighted by Crippen LogP contribution is -2.61. The van der Waals surface area contributed by atoms with Crippen LogP contribution in [0.4, 0.5) is 0 Å². The van der Waals surface area contributed by atoms with E-state index in [4.69, 9.17) is 128 Å². The topological polar surface area (TPSA) is 1090 Å². The first-order valence-corrected chi connectivity index (χ1v) is 44.2. The van der Waals surface area contributed by atoms with Gasteiger partial charge < -0.3 is 196 Å². The number of amides is 12. The number of carbonyl (C=O) groups is 13. The first-order chi connectivity index (χ1) is 63.2. The zero-order chi connectivity index (χ0) is 101. The lowest BCUT2D eigenvalue weighted by atomic mass is 10.0. The molecule has 0 spiro atoms. The van der Waals surface area contributed by atoms with Crippen molar-refractivity contribution in [3.05, 3.63) is 0 Å². The molecule has 0 heterocycles. The van der Waals surface area contributed by atoms with Crippen molar-refractivity contribution < 1.29 is 67.4 Å². The number of hydrogen-bond donors (Lipinski definition) is 49. The average molecular weight is 1940 g/mol. The van der Waals surface area contributed by atoms with Crippen LogP contribution < -0.4 is 191 Å². The third kappa shape index (κ3) is 57.7. The highest BCUT2D eigenvalue weighted by Gasteiger charge is 2.38. The van der Waals surface area contributed by atoms with E-state index in [9.17, 15) is 43.5 Å². The summed E-state index contributed by atoms with van der Waals surface area (Å²) in [6.45, 7) is -0.546. The van der Waals surface area contributed by atoms with Crippen LogP contribution in [0.25, 0.3) is 0 Å². The molecule has 0 aliphatic heterocycles. The van der Waals surface area contributed by atoms with E-state index < -0.39 is 215 Å². The molecule has 0 aliphatic rings. The number of nitrogens with one attached hydrogen (secondary N) is 34. The molecule has 0 unspecified atom stereocenters. The highest BCUT2D eigenvalue weighted by Crippen LogP contribution is 2.14. The normalized spacial score (nSPS) is 13.6. The van der Waals surface area contributed by atoms with E-state index in [-0.39, 0.29) is 231 Å². The van der Waals surface area contributed by atoms with Crippen LogP contribution in [0.2, 0.25) is 0 Å². The van der Waals surface area contributed by atoms with E-state index >= 15 is 24.0 Å². The Balaban J connectivity index is 8.40. The molecule has 0 aromatic carbocycles. The predicted molar refractivity (Wildman–Crippen MR) is 507 cm³/mol. The van der Waals surface area contributed by atoms with Crippen molar-refractivity contribution in [2.24, 2.45) is 68.8 Å². The molecule has 62 heteroatoms. The van der Waals surface area contributed by atoms with Gasteiger partial charge in [0.1, 0.15) is 72.5 Å². The lowest BCUT2D eigenvalue weighted by Gasteiger charge is -2.29. The maximum Gasteiger partial charge on any atom is 0.327 e. The molecule has 0 rings (SSSR count). The Bertz CT molecular complexity index is 3820. The molecule has 0 aromatic rings. The van der Waals surface area contributed by atoms with Gasteiger partial charge in [-0.25, -0.2) is 4.79 Å². The fraction of sp³-hybridized carbons (Fsp3) is 0.667. The number of carboxylic acid groups (broad SMARTS) is 1. The summed E-state index contributed by atoms with van der Waals surface area (Å²) in [7, 11) is 0. The van der Waals surface area contributed by atoms with Gasteiger partial charge in [-0.05, 0) is 141 Å². The summed E-state index contributed by atoms with van der Waals surface area (Å²) in [5, 5.41) is 154. The van der Waals surface area contributed by atoms with Gasteiger partial charge in [-0.2, -0.15) is 25.3 Å². The van der Waals surface area contributed by atoms with Crippen molar-refractivity contribution in [1.29, 1.82) is 59.5 Å². The van der Waals surface area contributed by atoms with Gasteiger partial charge in [-0.15, -0.1) is 0 Å². The summed E-state index contributed by atoms with van der Waals surface area (Å²) in [5.74, 6) is -19.2. The Kier molecular flexibility index (Phi) is 61.4. The molecule has 0 saturated carbocycles. The fourth-order valence-electron chi connectivity index (χ4n) is 12.3. The van der Waals surface area contributed by atoms with E-state index in [2.05, 4.69) is 148 Å². The van der Waals surface area contributed by atoms with Crippen LogP contribution in [-0.2, 0) is 62.3 Å². The first kappa shape index (κ1) is 120. The Morgan fingerprint density at radius 2 is 0.299 bits per heavy atom. The molecule has 60 nitrogen and oxygen atoms in total. The maximum absolute atomic E-state index is 15.2. The van der Waals surface area contributed by atoms with E-state index in [0.29, 0.717) is 0 Å². The summed E-state index contributed by atoms with van der Waals surface area (Å²) in [5.41, 5.74) is 67.0. The molecule has 59 N–H and O–H groups in total. The van der Waals surface area contributed by atoms with E-state index in [0.717, 1.165) is 0 Å². The van der Waals surface area contributed by atoms with Crippen molar-refractivity contribution in [2.45, 2.75) is 220 Å². The number of aliphatic carboxylic acids is 1. The molecule has 13 atom stereocenters. The van der Waals surface area contributed by atoms with Crippen LogP contribution in [0, 0.1) is 59.5 Å². The molecule has 134 heavy (non-hydrogen) atoms. The maximum atomic E-state index is 15.2. The van der Waals surface area contributed by atoms with Crippen LogP contribution in [-0.4, -0.2) is 310 Å². The lowest BCUT2D eigenvalue weighted by molar-refractivity contribution is -0.141. The predicted octanol–water partition coefficient (Wildman–Crippen LogP) is -15.0. The van der Waals surface area contributed by atoms with Crippen LogP contribution in [0.1, 0.15) is 141 Å². The van der Waals surface area contributed by atoms with Gasteiger partial charge in [0.25, 0.3) is 0 Å². The average Bonchev–Trinajstić information content (AvgIpc) is 0.867. The van der Waals surface area contributed by atoms with Gasteiger partial charge in [0.05, 0.1) is 6.04 Å². The van der Waals surface area contributed by atoms with E-state index in [1.165, 1.54) is 0 Å². The Morgan fingerprint density at radius 3 is 0.388 bits per heavy atom. The zero-order valence-electron chi connectivity index (χ0n) is 74.8. The quantitative estimate of drug-likeness (QED) is 0.0116. The number of carboxylic acids is 1. The molecule has 0 radical (unpaired) electrons. The highest BCUT2D eigenvalue weighted by molar-refractivity contribution is 7.80. The van der Waals surface area contributed by atoms with E-state index in [1.807, 2.05) is 0 Å². The standard InChI is InChI=1S/C72H144N46O14S2/c73-36(34-133)49(119)107-37(12-1-23-96-62(74)75)50(120)108-38(13-2-24-97-63(76)77)51(121)109-39(14-3-25-98-64(78)79)52(122)110-40(15-4-26-99-65(80)81)53(123)111-41(16-5-27-100-66(82)83)54(124)112-42(17-6-28-101-67(84)85)55(125)113-43(18-7-29-102-68(86)87)56(126)114-44(19-8-30-103-69(88)89)57(127)115-45(20-9-31-104-70(90)91)58(128)116-46(21-10-32-105-71(92)93)59(129)117-47(22-11-33-106-72(94)95)60(130)118-48(35-134)61(131)132/h36-48,133-134H,1-35,73H2,(H,107,119)(H,108,120)(H,109,121)(H,110,122)(H,111,123)(H,112,124)(H,113,125)(H,114,126)(H,115,127)(H,116,128)(H,117,129)(H,118,130)(H,131,132)(H4,74,75,96)(H4,76,77,97)(H4,78,79,98)(H4,80,81,99)(H4,82,83,100)(H4,84,85,101)(H4,86,87,102)(H4,88,89,103)(H4,90,91,104)(H4,92,93,105)(H4,94,95,106)/t36-,37-,38-,39-,40-,41-,42-,43-,44-,45-,46-,47-,48-/m0/s1. The molecular weight excluding hydrogens is 1800 g/mol. The van der Waals surface area contributed by atoms with Crippen molar-refractivity contribution in [3.8, 4) is 0 Å². The van der Waals surface area contributed by atoms with Crippen LogP contribution in [0.5, 0.6) is 0 Å². The second kappa shape index (κ2) is 68.7. The number of thiol groups is 2. The third-order valence-electron chi connectivity index (χ3n) is 19.1. The van der Waals surface area contributed by atoms with Crippen molar-refractivity contribution in [1.82, 2.24) is 122 Å². The minimum Gasteiger partial charge on any atom is -0.480 e. The molecular formula is C72H144N46O14S2. The van der Waals surface area contributed by atoms with Gasteiger partial charge in [0.2, 0.25) is 70.9 Å². The van der Waals surface area contributed by atoms with Gasteiger partial charge in [0.15, 0.2) is 65.6 Å². The summed E-state index contributed by atoms with van der Waals surface area (Å²) in [4.78, 5) is 188. The molecule has 12 amide bonds. The summed E-state index contributed by atoms with van der Waals surface area (Å²) in [6.07, 6.45) is -2.94. The minimum absolute atomic E-state index is 0.00293. The summed E-state index contributed by atoms with van der Waals surface area (Å²) < 4.78 is 0. The Hall–Kier alpha value is -14.3. The van der Waals surface area contributed by atoms with Crippen LogP contribution in [0.15, 0.2) is 0 Å². The molecule has 0 bridgehead atoms. The van der Waals surface area contributed by atoms with Gasteiger partial charge in [-0.1, -0.05) is 0 Å². The van der Waals surface area contributed by atoms with Crippen molar-refractivity contribution in [2.75, 3.05) is 83.5 Å². The molecule has 0 aliphatic carbocycles. The fourth-order valence-corrected chi connectivity index (χ4v) is 12.7.